The van der Waals surface area contributed by atoms with Crippen molar-refractivity contribution in [2.24, 2.45) is 0 Å². The van der Waals surface area contributed by atoms with Gasteiger partial charge >= 0.3 is 0 Å². The second-order valence-corrected chi connectivity index (χ2v) is 7.80. The predicted octanol–water partition coefficient (Wildman–Crippen LogP) is 2.56. The first-order chi connectivity index (χ1) is 9.98. The van der Waals surface area contributed by atoms with Gasteiger partial charge in [-0.05, 0) is 30.9 Å². The molecule has 0 saturated heterocycles. The van der Waals surface area contributed by atoms with E-state index in [0.29, 0.717) is 11.4 Å². The van der Waals surface area contributed by atoms with Crippen molar-refractivity contribution < 1.29 is 8.42 Å². The molecule has 0 amide bonds. The third kappa shape index (κ3) is 4.71. The van der Waals surface area contributed by atoms with Gasteiger partial charge in [-0.1, -0.05) is 32.0 Å². The average Bonchev–Trinajstić information content (AvgIpc) is 2.50. The summed E-state index contributed by atoms with van der Waals surface area (Å²) in [7, 11) is -1.77. The van der Waals surface area contributed by atoms with E-state index >= 15 is 0 Å². The lowest BCUT2D eigenvalue weighted by atomic mass is 10.2. The molecule has 0 aliphatic rings. The molecule has 1 rings (SSSR count). The summed E-state index contributed by atoms with van der Waals surface area (Å²) in [6.07, 6.45) is 2.81. The van der Waals surface area contributed by atoms with E-state index in [4.69, 9.17) is 0 Å². The van der Waals surface area contributed by atoms with Crippen LogP contribution in [0.1, 0.15) is 25.8 Å². The summed E-state index contributed by atoms with van der Waals surface area (Å²) >= 11 is 1.67. The van der Waals surface area contributed by atoms with E-state index in [2.05, 4.69) is 5.32 Å². The zero-order chi connectivity index (χ0) is 15.9. The standard InChI is InChI=1S/C15H26N2O2S2/c1-5-14(12-20-4)17(3)21(18,19)15-10-8-7-9-13(15)11-16-6-2/h7-10,14,16H,5-6,11-12H2,1-4H3. The lowest BCUT2D eigenvalue weighted by Gasteiger charge is -2.27. The Morgan fingerprint density at radius 2 is 1.95 bits per heavy atom. The van der Waals surface area contributed by atoms with E-state index in [0.717, 1.165) is 24.3 Å². The number of nitrogens with one attached hydrogen (secondary N) is 1. The number of hydrogen-bond acceptors (Lipinski definition) is 4. The van der Waals surface area contributed by atoms with Crippen LogP contribution in [0, 0.1) is 0 Å². The maximum Gasteiger partial charge on any atom is 0.243 e. The van der Waals surface area contributed by atoms with Gasteiger partial charge in [0, 0.05) is 25.4 Å². The van der Waals surface area contributed by atoms with Crippen LogP contribution < -0.4 is 5.32 Å². The van der Waals surface area contributed by atoms with Crippen molar-refractivity contribution in [1.82, 2.24) is 9.62 Å². The highest BCUT2D eigenvalue weighted by molar-refractivity contribution is 7.98. The van der Waals surface area contributed by atoms with Gasteiger partial charge in [-0.15, -0.1) is 0 Å². The molecule has 0 aromatic heterocycles. The molecule has 0 aliphatic carbocycles. The van der Waals surface area contributed by atoms with Gasteiger partial charge in [0.25, 0.3) is 0 Å². The topological polar surface area (TPSA) is 49.4 Å². The van der Waals surface area contributed by atoms with Gasteiger partial charge in [-0.2, -0.15) is 16.1 Å². The van der Waals surface area contributed by atoms with Crippen LogP contribution >= 0.6 is 11.8 Å². The minimum absolute atomic E-state index is 0.0252. The van der Waals surface area contributed by atoms with Crippen molar-refractivity contribution in [3.05, 3.63) is 29.8 Å². The van der Waals surface area contributed by atoms with E-state index in [9.17, 15) is 8.42 Å². The van der Waals surface area contributed by atoms with E-state index in [1.165, 1.54) is 4.31 Å². The van der Waals surface area contributed by atoms with Crippen LogP contribution in [-0.2, 0) is 16.6 Å². The minimum Gasteiger partial charge on any atom is -0.313 e. The molecule has 4 nitrogen and oxygen atoms in total. The van der Waals surface area contributed by atoms with Crippen molar-refractivity contribution in [1.29, 1.82) is 0 Å². The molecule has 1 N–H and O–H groups in total. The van der Waals surface area contributed by atoms with E-state index in [-0.39, 0.29) is 6.04 Å². The van der Waals surface area contributed by atoms with Gasteiger partial charge in [0.1, 0.15) is 0 Å². The molecule has 0 aliphatic heterocycles. The molecule has 1 aromatic rings. The minimum atomic E-state index is -3.45. The van der Waals surface area contributed by atoms with Crippen LogP contribution in [0.25, 0.3) is 0 Å². The maximum atomic E-state index is 12.9. The zero-order valence-corrected chi connectivity index (χ0v) is 14.9. The summed E-state index contributed by atoms with van der Waals surface area (Å²) in [5.74, 6) is 0.807. The van der Waals surface area contributed by atoms with Crippen molar-refractivity contribution in [3.63, 3.8) is 0 Å². The Balaban J connectivity index is 3.12. The van der Waals surface area contributed by atoms with Crippen LogP contribution in [0.2, 0.25) is 0 Å². The number of nitrogens with zero attached hydrogens (tertiary/aromatic N) is 1. The van der Waals surface area contributed by atoms with Crippen LogP contribution in [0.4, 0.5) is 0 Å². The van der Waals surface area contributed by atoms with Gasteiger partial charge in [0.05, 0.1) is 4.90 Å². The van der Waals surface area contributed by atoms with Gasteiger partial charge in [-0.3, -0.25) is 0 Å². The summed E-state index contributed by atoms with van der Waals surface area (Å²) in [5, 5.41) is 3.20. The van der Waals surface area contributed by atoms with E-state index in [1.807, 2.05) is 32.2 Å². The maximum absolute atomic E-state index is 12.9. The highest BCUT2D eigenvalue weighted by Crippen LogP contribution is 2.23. The molecule has 1 atom stereocenters. The monoisotopic (exact) mass is 330 g/mol. The number of hydrogen-bond donors (Lipinski definition) is 1. The quantitative estimate of drug-likeness (QED) is 0.756. The zero-order valence-electron chi connectivity index (χ0n) is 13.3. The largest absolute Gasteiger partial charge is 0.313 e. The van der Waals surface area contributed by atoms with Crippen LogP contribution in [0.15, 0.2) is 29.2 Å². The van der Waals surface area contributed by atoms with Gasteiger partial charge < -0.3 is 5.32 Å². The Morgan fingerprint density at radius 3 is 2.52 bits per heavy atom. The molecular weight excluding hydrogens is 304 g/mol. The highest BCUT2D eigenvalue weighted by Gasteiger charge is 2.28. The summed E-state index contributed by atoms with van der Waals surface area (Å²) in [6, 6.07) is 7.26. The third-order valence-corrected chi connectivity index (χ3v) is 6.27. The Kier molecular flexibility index (Phi) is 7.73. The molecule has 6 heteroatoms. The highest BCUT2D eigenvalue weighted by atomic mass is 32.2. The van der Waals surface area contributed by atoms with E-state index < -0.39 is 10.0 Å². The summed E-state index contributed by atoms with van der Waals surface area (Å²) in [6.45, 7) is 5.42. The molecule has 0 heterocycles. The molecular formula is C15H26N2O2S2. The molecule has 120 valence electrons. The second kappa shape index (κ2) is 8.78. The predicted molar refractivity (Wildman–Crippen MR) is 91.2 cm³/mol. The van der Waals surface area contributed by atoms with Crippen LogP contribution in [0.3, 0.4) is 0 Å². The molecule has 0 bridgehead atoms. The Labute approximate surface area is 133 Å². The summed E-state index contributed by atoms with van der Waals surface area (Å²) in [4.78, 5) is 0.410. The first-order valence-electron chi connectivity index (χ1n) is 7.24. The second-order valence-electron chi connectivity index (χ2n) is 4.93. The van der Waals surface area contributed by atoms with Crippen LogP contribution in [0.5, 0.6) is 0 Å². The molecule has 21 heavy (non-hydrogen) atoms. The molecule has 1 unspecified atom stereocenters. The fourth-order valence-electron chi connectivity index (χ4n) is 2.18. The number of thioether (sulfide) groups is 1. The first kappa shape index (κ1) is 18.5. The van der Waals surface area contributed by atoms with Gasteiger partial charge in [-0.25, -0.2) is 8.42 Å². The first-order valence-corrected chi connectivity index (χ1v) is 10.1. The summed E-state index contributed by atoms with van der Waals surface area (Å²) < 4.78 is 27.3. The smallest absolute Gasteiger partial charge is 0.243 e. The average molecular weight is 331 g/mol. The number of sulfonamides is 1. The van der Waals surface area contributed by atoms with Crippen molar-refractivity contribution in [3.8, 4) is 0 Å². The molecule has 0 radical (unpaired) electrons. The number of rotatable bonds is 9. The molecule has 0 spiro atoms. The molecule has 0 saturated carbocycles. The van der Waals surface area contributed by atoms with Gasteiger partial charge in [0.15, 0.2) is 0 Å². The lowest BCUT2D eigenvalue weighted by molar-refractivity contribution is 0.385. The molecule has 0 fully saturated rings. The van der Waals surface area contributed by atoms with Gasteiger partial charge in [0.2, 0.25) is 10.0 Å². The fraction of sp³-hybridized carbons (Fsp3) is 0.600. The summed E-state index contributed by atoms with van der Waals surface area (Å²) in [5.41, 5.74) is 0.824. The van der Waals surface area contributed by atoms with Crippen molar-refractivity contribution in [2.75, 3.05) is 25.6 Å². The Bertz CT molecular complexity index is 532. The normalized spacial score (nSPS) is 13.6. The van der Waals surface area contributed by atoms with E-state index in [1.54, 1.807) is 30.9 Å². The third-order valence-electron chi connectivity index (χ3n) is 3.54. The Hall–Kier alpha value is -0.560. The van der Waals surface area contributed by atoms with Crippen molar-refractivity contribution >= 4 is 21.8 Å². The Morgan fingerprint density at radius 1 is 1.29 bits per heavy atom. The SMILES string of the molecule is CCNCc1ccccc1S(=O)(=O)N(C)C(CC)CSC. The molecule has 1 aromatic carbocycles. The van der Waals surface area contributed by atoms with Crippen LogP contribution in [-0.4, -0.2) is 44.4 Å². The van der Waals surface area contributed by atoms with Crippen molar-refractivity contribution in [2.45, 2.75) is 37.8 Å². The lowest BCUT2D eigenvalue weighted by Crippen LogP contribution is -2.38. The number of benzene rings is 1. The fourth-order valence-corrected chi connectivity index (χ4v) is 4.77.